The van der Waals surface area contributed by atoms with E-state index in [2.05, 4.69) is 14.8 Å². The van der Waals surface area contributed by atoms with E-state index in [0.717, 1.165) is 12.0 Å². The van der Waals surface area contributed by atoms with Crippen molar-refractivity contribution in [2.75, 3.05) is 13.1 Å². The lowest BCUT2D eigenvalue weighted by Crippen LogP contribution is -2.39. The van der Waals surface area contributed by atoms with Gasteiger partial charge >= 0.3 is 6.36 Å². The van der Waals surface area contributed by atoms with Crippen molar-refractivity contribution in [3.8, 4) is 0 Å². The molecule has 0 atom stereocenters. The van der Waals surface area contributed by atoms with E-state index in [1.165, 1.54) is 0 Å². The summed E-state index contributed by atoms with van der Waals surface area (Å²) in [6.45, 7) is 2.13. The number of nitrogens with two attached hydrogens (primary N) is 2. The molecule has 0 bridgehead atoms. The van der Waals surface area contributed by atoms with E-state index in [1.807, 2.05) is 13.0 Å². The minimum Gasteiger partial charge on any atom is -0.370 e. The fourth-order valence-corrected chi connectivity index (χ4v) is 1.81. The number of halogens is 3. The van der Waals surface area contributed by atoms with Crippen LogP contribution in [0.3, 0.4) is 0 Å². The summed E-state index contributed by atoms with van der Waals surface area (Å²) in [5.74, 6) is -0.683. The van der Waals surface area contributed by atoms with Gasteiger partial charge in [0.1, 0.15) is 0 Å². The lowest BCUT2D eigenvalue weighted by Gasteiger charge is -2.23. The summed E-state index contributed by atoms with van der Waals surface area (Å²) in [7, 11) is 0. The Morgan fingerprint density at radius 3 is 2.42 bits per heavy atom. The third kappa shape index (κ3) is 8.37. The fraction of sp³-hybridized carbons (Fsp3) is 0.467. The maximum absolute atomic E-state index is 12.7. The van der Waals surface area contributed by atoms with Gasteiger partial charge in [0.25, 0.3) is 0 Å². The first-order valence-electron chi connectivity index (χ1n) is 7.53. The molecule has 0 unspecified atom stereocenters. The van der Waals surface area contributed by atoms with Crippen molar-refractivity contribution in [2.45, 2.75) is 32.5 Å². The first-order chi connectivity index (χ1) is 11.3. The Morgan fingerprint density at radius 2 is 1.88 bits per heavy atom. The molecule has 0 aliphatic rings. The van der Waals surface area contributed by atoms with Crippen molar-refractivity contribution in [3.05, 3.63) is 35.9 Å². The molecular formula is C15H22F3N5O. The Bertz CT molecular complexity index is 542. The summed E-state index contributed by atoms with van der Waals surface area (Å²) in [5.41, 5.74) is 11.4. The molecule has 4 N–H and O–H groups in total. The van der Waals surface area contributed by atoms with Gasteiger partial charge < -0.3 is 11.5 Å². The molecule has 0 amide bonds. The standard InChI is InChI=1S/C15H22F3N5O/c1-2-3-10-21-14(22-13(19)20)23(24-15(16,17)18)11-9-12-7-5-4-6-8-12/h4-8H,2-3,9-11H2,1H3,(H4,19,20,21,22). The molecule has 1 aromatic rings. The largest absolute Gasteiger partial charge is 0.544 e. The molecule has 0 aliphatic heterocycles. The van der Waals surface area contributed by atoms with Crippen LogP contribution in [-0.4, -0.2) is 36.4 Å². The van der Waals surface area contributed by atoms with E-state index in [1.54, 1.807) is 24.3 Å². The number of guanidine groups is 2. The van der Waals surface area contributed by atoms with Gasteiger partial charge in [-0.15, -0.1) is 13.2 Å². The van der Waals surface area contributed by atoms with Gasteiger partial charge in [0.2, 0.25) is 5.96 Å². The number of nitrogens with zero attached hydrogens (tertiary/aromatic N) is 3. The van der Waals surface area contributed by atoms with Crippen molar-refractivity contribution in [1.82, 2.24) is 5.06 Å². The predicted octanol–water partition coefficient (Wildman–Crippen LogP) is 2.41. The van der Waals surface area contributed by atoms with Gasteiger partial charge in [0.05, 0.1) is 6.54 Å². The van der Waals surface area contributed by atoms with E-state index in [9.17, 15) is 13.2 Å². The van der Waals surface area contributed by atoms with E-state index in [4.69, 9.17) is 11.5 Å². The van der Waals surface area contributed by atoms with Crippen LogP contribution in [0.25, 0.3) is 0 Å². The lowest BCUT2D eigenvalue weighted by atomic mass is 10.1. The molecule has 1 aromatic carbocycles. The van der Waals surface area contributed by atoms with Crippen LogP contribution in [0.1, 0.15) is 25.3 Å². The summed E-state index contributed by atoms with van der Waals surface area (Å²) in [6, 6.07) is 9.04. The quantitative estimate of drug-likeness (QED) is 0.344. The first kappa shape index (κ1) is 19.8. The number of alkyl halides is 3. The summed E-state index contributed by atoms with van der Waals surface area (Å²) < 4.78 is 38.1. The van der Waals surface area contributed by atoms with Crippen LogP contribution in [0.2, 0.25) is 0 Å². The first-order valence-corrected chi connectivity index (χ1v) is 7.53. The molecule has 0 fully saturated rings. The van der Waals surface area contributed by atoms with Gasteiger partial charge in [-0.05, 0) is 18.4 Å². The smallest absolute Gasteiger partial charge is 0.370 e. The monoisotopic (exact) mass is 345 g/mol. The zero-order valence-corrected chi connectivity index (χ0v) is 13.5. The second kappa shape index (κ2) is 9.76. The second-order valence-electron chi connectivity index (χ2n) is 4.95. The highest BCUT2D eigenvalue weighted by atomic mass is 19.4. The van der Waals surface area contributed by atoms with Crippen LogP contribution >= 0.6 is 0 Å². The second-order valence-corrected chi connectivity index (χ2v) is 4.95. The maximum atomic E-state index is 12.7. The molecule has 0 spiro atoms. The number of aliphatic imine (C=N–C) groups is 2. The normalized spacial score (nSPS) is 12.1. The Balaban J connectivity index is 2.94. The molecular weight excluding hydrogens is 323 g/mol. The molecule has 0 heterocycles. The Morgan fingerprint density at radius 1 is 1.21 bits per heavy atom. The minimum absolute atomic E-state index is 0.106. The molecule has 0 aliphatic carbocycles. The summed E-state index contributed by atoms with van der Waals surface area (Å²) in [6.07, 6.45) is -3.03. The van der Waals surface area contributed by atoms with E-state index in [-0.39, 0.29) is 18.5 Å². The SMILES string of the molecule is CCCCN=C(N=C(N)N)N(CCc1ccccc1)OC(F)(F)F. The highest BCUT2D eigenvalue weighted by Gasteiger charge is 2.35. The predicted molar refractivity (Wildman–Crippen MR) is 87.0 cm³/mol. The molecule has 1 rings (SSSR count). The Labute approximate surface area is 139 Å². The number of hydroxylamine groups is 2. The number of unbranched alkanes of at least 4 members (excludes halogenated alkanes) is 1. The molecule has 0 saturated heterocycles. The van der Waals surface area contributed by atoms with Crippen LogP contribution in [0, 0.1) is 0 Å². The van der Waals surface area contributed by atoms with Crippen molar-refractivity contribution in [1.29, 1.82) is 0 Å². The molecule has 6 nitrogen and oxygen atoms in total. The van der Waals surface area contributed by atoms with Gasteiger partial charge in [-0.3, -0.25) is 0 Å². The number of hydrogen-bond acceptors (Lipinski definition) is 2. The maximum Gasteiger partial charge on any atom is 0.544 e. The zero-order chi connectivity index (χ0) is 18.0. The van der Waals surface area contributed by atoms with Crippen LogP contribution in [0.15, 0.2) is 40.3 Å². The number of hydrogen-bond donors (Lipinski definition) is 2. The summed E-state index contributed by atoms with van der Waals surface area (Å²) >= 11 is 0. The third-order valence-corrected chi connectivity index (χ3v) is 2.88. The summed E-state index contributed by atoms with van der Waals surface area (Å²) in [5, 5.41) is 0.572. The highest BCUT2D eigenvalue weighted by molar-refractivity contribution is 5.92. The van der Waals surface area contributed by atoms with E-state index < -0.39 is 6.36 Å². The minimum atomic E-state index is -4.87. The van der Waals surface area contributed by atoms with E-state index >= 15 is 0 Å². The van der Waals surface area contributed by atoms with Crippen LogP contribution in [-0.2, 0) is 11.3 Å². The molecule has 134 valence electrons. The summed E-state index contributed by atoms with van der Waals surface area (Å²) in [4.78, 5) is 11.7. The average molecular weight is 345 g/mol. The van der Waals surface area contributed by atoms with Crippen molar-refractivity contribution < 1.29 is 18.0 Å². The number of rotatable bonds is 7. The molecule has 0 radical (unpaired) electrons. The van der Waals surface area contributed by atoms with Crippen LogP contribution in [0.4, 0.5) is 13.2 Å². The van der Waals surface area contributed by atoms with Gasteiger partial charge in [-0.2, -0.15) is 9.83 Å². The zero-order valence-electron chi connectivity index (χ0n) is 13.5. The van der Waals surface area contributed by atoms with Gasteiger partial charge in [-0.1, -0.05) is 43.7 Å². The third-order valence-electron chi connectivity index (χ3n) is 2.88. The fourth-order valence-electron chi connectivity index (χ4n) is 1.81. The van der Waals surface area contributed by atoms with Crippen molar-refractivity contribution in [3.63, 3.8) is 0 Å². The molecule has 24 heavy (non-hydrogen) atoms. The van der Waals surface area contributed by atoms with Crippen molar-refractivity contribution >= 4 is 11.9 Å². The lowest BCUT2D eigenvalue weighted by molar-refractivity contribution is -0.395. The Hall–Kier alpha value is -2.29. The van der Waals surface area contributed by atoms with Crippen LogP contribution < -0.4 is 11.5 Å². The van der Waals surface area contributed by atoms with E-state index in [0.29, 0.717) is 24.4 Å². The van der Waals surface area contributed by atoms with Gasteiger partial charge in [0.15, 0.2) is 5.96 Å². The molecule has 0 aromatic heterocycles. The van der Waals surface area contributed by atoms with Crippen molar-refractivity contribution in [2.24, 2.45) is 21.5 Å². The Kier molecular flexibility index (Phi) is 8.03. The van der Waals surface area contributed by atoms with Crippen LogP contribution in [0.5, 0.6) is 0 Å². The number of benzene rings is 1. The average Bonchev–Trinajstić information content (AvgIpc) is 2.50. The molecule has 0 saturated carbocycles. The highest BCUT2D eigenvalue weighted by Crippen LogP contribution is 2.19. The van der Waals surface area contributed by atoms with Gasteiger partial charge in [0, 0.05) is 6.54 Å². The molecule has 9 heteroatoms. The topological polar surface area (TPSA) is 89.2 Å². The van der Waals surface area contributed by atoms with Gasteiger partial charge in [-0.25, -0.2) is 10.1 Å².